The van der Waals surface area contributed by atoms with Crippen molar-refractivity contribution in [1.82, 2.24) is 0 Å². The van der Waals surface area contributed by atoms with Crippen LogP contribution >= 0.6 is 11.8 Å². The van der Waals surface area contributed by atoms with Crippen molar-refractivity contribution in [2.75, 3.05) is 118 Å². The van der Waals surface area contributed by atoms with E-state index in [1.807, 2.05) is 111 Å². The number of aliphatic imine (C=N–C) groups is 1. The van der Waals surface area contributed by atoms with Crippen molar-refractivity contribution in [2.24, 2.45) is 4.99 Å². The van der Waals surface area contributed by atoms with Crippen LogP contribution in [-0.2, 0) is 45.1 Å². The number of nitrogens with zero attached hydrogens (tertiary/aromatic N) is 5. The molecule has 75 heavy (non-hydrogen) atoms. The summed E-state index contributed by atoms with van der Waals surface area (Å²) in [6.07, 6.45) is 1.41. The summed E-state index contributed by atoms with van der Waals surface area (Å²) in [5, 5.41) is 0. The minimum absolute atomic E-state index is 0.220. The number of sulfone groups is 4. The summed E-state index contributed by atoms with van der Waals surface area (Å²) in [5.74, 6) is 3.78. The van der Waals surface area contributed by atoms with Gasteiger partial charge in [-0.1, -0.05) is 83.9 Å². The Labute approximate surface area is 449 Å². The zero-order valence-corrected chi connectivity index (χ0v) is 46.6. The van der Waals surface area contributed by atoms with Gasteiger partial charge >= 0.3 is 0 Å². The second kappa shape index (κ2) is 26.8. The van der Waals surface area contributed by atoms with Crippen LogP contribution in [0.2, 0.25) is 0 Å². The minimum Gasteiger partial charge on any atom is -0.446 e. The molecule has 0 aromatic heterocycles. The van der Waals surface area contributed by atoms with Crippen molar-refractivity contribution in [3.63, 3.8) is 0 Å². The lowest BCUT2D eigenvalue weighted by Crippen LogP contribution is -2.40. The molecular formula is C56H67N5O9S5. The van der Waals surface area contributed by atoms with Gasteiger partial charge in [0.15, 0.2) is 45.7 Å². The minimum atomic E-state index is -2.85. The van der Waals surface area contributed by atoms with E-state index in [0.717, 1.165) is 39.9 Å². The maximum atomic E-state index is 11.5. The van der Waals surface area contributed by atoms with Gasteiger partial charge in [-0.3, -0.25) is 0 Å². The number of benzene rings is 6. The Balaban J connectivity index is 0.000000149. The fourth-order valence-electron chi connectivity index (χ4n) is 8.28. The Hall–Kier alpha value is -5.86. The molecule has 0 bridgehead atoms. The number of thioether (sulfide) groups is 1. The first-order chi connectivity index (χ1) is 35.9. The molecule has 0 spiro atoms. The third kappa shape index (κ3) is 19.0. The van der Waals surface area contributed by atoms with Crippen LogP contribution in [0.4, 0.5) is 28.4 Å². The topological polar surface area (TPSA) is 171 Å². The highest BCUT2D eigenvalue weighted by Crippen LogP contribution is 2.27. The Bertz CT molecular complexity index is 3080. The monoisotopic (exact) mass is 1110 g/mol. The number of para-hydroxylation sites is 1. The van der Waals surface area contributed by atoms with Crippen LogP contribution in [0.25, 0.3) is 0 Å². The van der Waals surface area contributed by atoms with Gasteiger partial charge < -0.3 is 24.3 Å². The van der Waals surface area contributed by atoms with Crippen LogP contribution in [0.3, 0.4) is 0 Å². The fourth-order valence-corrected chi connectivity index (χ4v) is 13.9. The first-order valence-corrected chi connectivity index (χ1v) is 33.2. The summed E-state index contributed by atoms with van der Waals surface area (Å²) >= 11 is 1.81. The van der Waals surface area contributed by atoms with Crippen molar-refractivity contribution in [3.05, 3.63) is 174 Å². The molecular weight excluding hydrogens is 1050 g/mol. The average molecular weight is 1110 g/mol. The van der Waals surface area contributed by atoms with Crippen molar-refractivity contribution >= 4 is 85.9 Å². The molecule has 14 nitrogen and oxygen atoms in total. The van der Waals surface area contributed by atoms with Gasteiger partial charge in [-0.15, -0.1) is 11.8 Å². The summed E-state index contributed by atoms with van der Waals surface area (Å²) in [4.78, 5) is 14.0. The number of hydrogen-bond donors (Lipinski definition) is 0. The molecule has 4 aliphatic rings. The number of hydrogen-bond acceptors (Lipinski definition) is 15. The lowest BCUT2D eigenvalue weighted by Gasteiger charge is -2.28. The molecule has 0 radical (unpaired) electrons. The molecule has 0 N–H and O–H groups in total. The van der Waals surface area contributed by atoms with Crippen molar-refractivity contribution < 1.29 is 38.4 Å². The SMILES string of the molecule is Cc1ccc(N2CCS(=O)(=O)CC2)cc1.Cc1ccc(N2CCS(=O)(=O)CC2)cc1.O=S1(=O)CCN(c2ccc(N=COc3ccccc3)cc2)CC1.O=S1(=O)CCN(c2ccc(SCc3ccccc3)cc2)CC1. The smallest absolute Gasteiger partial charge is 0.181 e. The molecule has 0 atom stereocenters. The summed E-state index contributed by atoms with van der Waals surface area (Å²) in [5.41, 5.74) is 8.92. The summed E-state index contributed by atoms with van der Waals surface area (Å²) < 4.78 is 96.3. The normalized spacial score (nSPS) is 18.5. The maximum absolute atomic E-state index is 11.5. The Morgan fingerprint density at radius 1 is 0.413 bits per heavy atom. The highest BCUT2D eigenvalue weighted by molar-refractivity contribution is 7.98. The second-order valence-electron chi connectivity index (χ2n) is 18.7. The predicted octanol–water partition coefficient (Wildman–Crippen LogP) is 8.33. The van der Waals surface area contributed by atoms with E-state index in [1.165, 1.54) is 28.0 Å². The van der Waals surface area contributed by atoms with E-state index in [2.05, 4.69) is 97.4 Å². The van der Waals surface area contributed by atoms with Crippen LogP contribution in [-0.4, -0.2) is 138 Å². The summed E-state index contributed by atoms with van der Waals surface area (Å²) in [6.45, 7) is 8.84. The van der Waals surface area contributed by atoms with E-state index in [-0.39, 0.29) is 46.0 Å². The molecule has 4 aliphatic heterocycles. The van der Waals surface area contributed by atoms with E-state index in [0.29, 0.717) is 52.4 Å². The zero-order valence-electron chi connectivity index (χ0n) is 42.6. The Kier molecular flexibility index (Phi) is 20.3. The molecule has 0 amide bonds. The van der Waals surface area contributed by atoms with Gasteiger partial charge in [0.2, 0.25) is 0 Å². The third-order valence-corrected chi connectivity index (χ3v) is 20.5. The molecule has 0 saturated carbocycles. The largest absolute Gasteiger partial charge is 0.446 e. The number of aryl methyl sites for hydroxylation is 2. The van der Waals surface area contributed by atoms with Gasteiger partial charge in [0.05, 0.1) is 51.7 Å². The van der Waals surface area contributed by atoms with E-state index in [1.54, 1.807) is 0 Å². The molecule has 10 rings (SSSR count). The average Bonchev–Trinajstić information content (AvgIpc) is 3.40. The highest BCUT2D eigenvalue weighted by Gasteiger charge is 2.24. The first kappa shape index (κ1) is 56.9. The van der Waals surface area contributed by atoms with Crippen LogP contribution in [0.5, 0.6) is 5.75 Å². The lowest BCUT2D eigenvalue weighted by atomic mass is 10.2. The first-order valence-electron chi connectivity index (χ1n) is 24.9. The molecule has 4 heterocycles. The standard InChI is InChI=1S/C17H18N2O3S.C17H19NO2S2.2C11H15NO2S/c20-23(21)12-10-19(11-13-23)16-8-6-15(7-9-16)18-14-22-17-4-2-1-3-5-17;19-22(20)12-10-18(11-13-22)16-6-8-17(9-7-16)21-14-15-4-2-1-3-5-15;2*1-10-2-4-11(5-3-10)12-6-8-15(13,14)9-7-12/h1-9,14H,10-13H2;1-9H,10-14H2;2*2-5H,6-9H2,1H3. The van der Waals surface area contributed by atoms with Crippen LogP contribution in [0.15, 0.2) is 168 Å². The van der Waals surface area contributed by atoms with Crippen LogP contribution in [0.1, 0.15) is 16.7 Å². The van der Waals surface area contributed by atoms with Gasteiger partial charge in [-0.25, -0.2) is 38.7 Å². The molecule has 400 valence electrons. The predicted molar refractivity (Wildman–Crippen MR) is 310 cm³/mol. The van der Waals surface area contributed by atoms with Crippen molar-refractivity contribution in [2.45, 2.75) is 24.5 Å². The van der Waals surface area contributed by atoms with E-state index in [4.69, 9.17) is 4.74 Å². The Morgan fingerprint density at radius 2 is 0.720 bits per heavy atom. The molecule has 4 fully saturated rings. The lowest BCUT2D eigenvalue weighted by molar-refractivity contribution is 0.574. The zero-order chi connectivity index (χ0) is 53.3. The fraction of sp³-hybridized carbons (Fsp3) is 0.339. The van der Waals surface area contributed by atoms with E-state index >= 15 is 0 Å². The van der Waals surface area contributed by atoms with E-state index < -0.39 is 39.3 Å². The van der Waals surface area contributed by atoms with Gasteiger partial charge in [0.25, 0.3) is 0 Å². The third-order valence-electron chi connectivity index (χ3n) is 13.0. The van der Waals surface area contributed by atoms with Gasteiger partial charge in [0, 0.05) is 85.8 Å². The van der Waals surface area contributed by atoms with Gasteiger partial charge in [0.1, 0.15) is 5.75 Å². The second-order valence-corrected chi connectivity index (χ2v) is 28.9. The van der Waals surface area contributed by atoms with Crippen molar-refractivity contribution in [1.29, 1.82) is 0 Å². The molecule has 0 unspecified atom stereocenters. The molecule has 0 aliphatic carbocycles. The molecule has 6 aromatic carbocycles. The van der Waals surface area contributed by atoms with Crippen molar-refractivity contribution in [3.8, 4) is 5.75 Å². The van der Waals surface area contributed by atoms with Gasteiger partial charge in [-0.2, -0.15) is 0 Å². The van der Waals surface area contributed by atoms with Crippen LogP contribution in [0, 0.1) is 13.8 Å². The quantitative estimate of drug-likeness (QED) is 0.0729. The van der Waals surface area contributed by atoms with Crippen LogP contribution < -0.4 is 24.3 Å². The highest BCUT2D eigenvalue weighted by atomic mass is 32.2. The summed E-state index contributed by atoms with van der Waals surface area (Å²) in [7, 11) is -11.2. The van der Waals surface area contributed by atoms with E-state index in [9.17, 15) is 33.7 Å². The summed E-state index contributed by atoms with van der Waals surface area (Å²) in [6, 6.07) is 52.4. The molecule has 6 aromatic rings. The number of anilines is 4. The maximum Gasteiger partial charge on any atom is 0.181 e. The Morgan fingerprint density at radius 3 is 1.07 bits per heavy atom. The van der Waals surface area contributed by atoms with Gasteiger partial charge in [-0.05, 0) is 104 Å². The number of ether oxygens (including phenoxy) is 1. The number of rotatable bonds is 10. The molecule has 19 heteroatoms. The molecule has 4 saturated heterocycles.